The fourth-order valence-electron chi connectivity index (χ4n) is 2.68. The molecule has 1 aliphatic rings. The molecule has 1 saturated heterocycles. The van der Waals surface area contributed by atoms with Crippen molar-refractivity contribution >= 4 is 23.0 Å². The number of rotatable bonds is 4. The zero-order valence-corrected chi connectivity index (χ0v) is 13.7. The van der Waals surface area contributed by atoms with Gasteiger partial charge in [-0.2, -0.15) is 0 Å². The summed E-state index contributed by atoms with van der Waals surface area (Å²) >= 11 is 0. The van der Waals surface area contributed by atoms with Crippen LogP contribution in [0, 0.1) is 20.2 Å². The molecular formula is C15H19N3O6. The highest BCUT2D eigenvalue weighted by Gasteiger charge is 2.37. The second kappa shape index (κ2) is 6.42. The second-order valence-electron chi connectivity index (χ2n) is 6.57. The van der Waals surface area contributed by atoms with Crippen LogP contribution in [0.25, 0.3) is 0 Å². The molecule has 2 rings (SSSR count). The maximum absolute atomic E-state index is 12.4. The van der Waals surface area contributed by atoms with Crippen molar-refractivity contribution in [3.63, 3.8) is 0 Å². The molecule has 0 N–H and O–H groups in total. The number of anilines is 1. The van der Waals surface area contributed by atoms with Crippen molar-refractivity contribution in [2.75, 3.05) is 11.4 Å². The molecule has 0 unspecified atom stereocenters. The molecule has 0 spiro atoms. The molecule has 130 valence electrons. The van der Waals surface area contributed by atoms with E-state index in [4.69, 9.17) is 4.74 Å². The van der Waals surface area contributed by atoms with Crippen LogP contribution < -0.4 is 4.90 Å². The van der Waals surface area contributed by atoms with E-state index in [1.807, 2.05) is 0 Å². The van der Waals surface area contributed by atoms with Crippen LogP contribution in [0.15, 0.2) is 18.2 Å². The first-order chi connectivity index (χ1) is 11.1. The highest BCUT2D eigenvalue weighted by atomic mass is 16.6. The Hall–Kier alpha value is -2.71. The molecule has 0 radical (unpaired) electrons. The number of nitrogens with zero attached hydrogens (tertiary/aromatic N) is 3. The third kappa shape index (κ3) is 3.79. The second-order valence-corrected chi connectivity index (χ2v) is 6.57. The first-order valence-corrected chi connectivity index (χ1v) is 7.52. The van der Waals surface area contributed by atoms with E-state index < -0.39 is 27.5 Å². The standard InChI is InChI=1S/C15H19N3O6/c1-15(2,3)24-14(19)12-5-4-8-16(12)11-7-6-10(17(20)21)9-13(11)18(22)23/h6-7,9,12H,4-5,8H2,1-3H3/t12-/m0/s1. The maximum atomic E-state index is 12.4. The summed E-state index contributed by atoms with van der Waals surface area (Å²) in [5, 5.41) is 22.1. The van der Waals surface area contributed by atoms with Crippen molar-refractivity contribution in [3.05, 3.63) is 38.4 Å². The van der Waals surface area contributed by atoms with Crippen LogP contribution in [0.5, 0.6) is 0 Å². The summed E-state index contributed by atoms with van der Waals surface area (Å²) in [6.07, 6.45) is 1.20. The van der Waals surface area contributed by atoms with Gasteiger partial charge in [0.1, 0.15) is 17.3 Å². The first-order valence-electron chi connectivity index (χ1n) is 7.52. The Morgan fingerprint density at radius 1 is 1.25 bits per heavy atom. The Balaban J connectivity index is 2.37. The zero-order valence-electron chi connectivity index (χ0n) is 13.7. The summed E-state index contributed by atoms with van der Waals surface area (Å²) < 4.78 is 5.38. The number of non-ortho nitro benzene ring substituents is 1. The Kier molecular flexibility index (Phi) is 4.72. The smallest absolute Gasteiger partial charge is 0.329 e. The lowest BCUT2D eigenvalue weighted by Gasteiger charge is -2.28. The Bertz CT molecular complexity index is 682. The lowest BCUT2D eigenvalue weighted by atomic mass is 10.1. The summed E-state index contributed by atoms with van der Waals surface area (Å²) in [6, 6.07) is 2.80. The average Bonchev–Trinajstić information content (AvgIpc) is 2.93. The van der Waals surface area contributed by atoms with Crippen LogP contribution in [0.4, 0.5) is 17.1 Å². The number of nitro benzene ring substituents is 2. The fraction of sp³-hybridized carbons (Fsp3) is 0.533. The van der Waals surface area contributed by atoms with Crippen molar-refractivity contribution < 1.29 is 19.4 Å². The van der Waals surface area contributed by atoms with Crippen LogP contribution >= 0.6 is 0 Å². The molecule has 24 heavy (non-hydrogen) atoms. The number of hydrogen-bond acceptors (Lipinski definition) is 7. The van der Waals surface area contributed by atoms with Crippen LogP contribution in [0.1, 0.15) is 33.6 Å². The van der Waals surface area contributed by atoms with Crippen LogP contribution in [-0.2, 0) is 9.53 Å². The fourth-order valence-corrected chi connectivity index (χ4v) is 2.68. The molecule has 1 aliphatic heterocycles. The predicted molar refractivity (Wildman–Crippen MR) is 86.0 cm³/mol. The van der Waals surface area contributed by atoms with Crippen LogP contribution in [0.2, 0.25) is 0 Å². The van der Waals surface area contributed by atoms with Gasteiger partial charge in [-0.25, -0.2) is 4.79 Å². The van der Waals surface area contributed by atoms with Gasteiger partial charge in [0.15, 0.2) is 0 Å². The molecule has 1 aromatic rings. The van der Waals surface area contributed by atoms with E-state index in [1.54, 1.807) is 25.7 Å². The molecule has 1 atom stereocenters. The third-order valence-corrected chi connectivity index (χ3v) is 3.61. The molecule has 1 heterocycles. The molecule has 0 saturated carbocycles. The quantitative estimate of drug-likeness (QED) is 0.471. The van der Waals surface area contributed by atoms with Crippen molar-refractivity contribution in [3.8, 4) is 0 Å². The van der Waals surface area contributed by atoms with Gasteiger partial charge < -0.3 is 9.64 Å². The summed E-state index contributed by atoms with van der Waals surface area (Å²) in [5.74, 6) is -0.451. The van der Waals surface area contributed by atoms with Crippen molar-refractivity contribution in [1.82, 2.24) is 0 Å². The summed E-state index contributed by atoms with van der Waals surface area (Å²) in [7, 11) is 0. The van der Waals surface area contributed by atoms with Gasteiger partial charge in [-0.15, -0.1) is 0 Å². The first kappa shape index (κ1) is 17.6. The van der Waals surface area contributed by atoms with Gasteiger partial charge in [-0.05, 0) is 39.7 Å². The molecule has 0 aromatic heterocycles. The number of esters is 1. The lowest BCUT2D eigenvalue weighted by Crippen LogP contribution is -2.40. The van der Waals surface area contributed by atoms with Gasteiger partial charge in [-0.3, -0.25) is 20.2 Å². The van der Waals surface area contributed by atoms with E-state index in [-0.39, 0.29) is 17.1 Å². The van der Waals surface area contributed by atoms with E-state index in [0.717, 1.165) is 6.07 Å². The van der Waals surface area contributed by atoms with E-state index in [0.29, 0.717) is 19.4 Å². The van der Waals surface area contributed by atoms with Crippen molar-refractivity contribution in [2.24, 2.45) is 0 Å². The molecule has 0 bridgehead atoms. The van der Waals surface area contributed by atoms with Gasteiger partial charge in [0.25, 0.3) is 11.4 Å². The van der Waals surface area contributed by atoms with Crippen LogP contribution in [0.3, 0.4) is 0 Å². The average molecular weight is 337 g/mol. The summed E-state index contributed by atoms with van der Waals surface area (Å²) in [4.78, 5) is 34.7. The highest BCUT2D eigenvalue weighted by Crippen LogP contribution is 2.36. The minimum absolute atomic E-state index is 0.193. The zero-order chi connectivity index (χ0) is 18.1. The van der Waals surface area contributed by atoms with Gasteiger partial charge in [0, 0.05) is 12.6 Å². The number of carbonyl (C=O) groups is 1. The molecule has 9 heteroatoms. The normalized spacial score (nSPS) is 17.6. The van der Waals surface area contributed by atoms with E-state index in [2.05, 4.69) is 0 Å². The minimum atomic E-state index is -0.688. The molecule has 9 nitrogen and oxygen atoms in total. The van der Waals surface area contributed by atoms with Gasteiger partial charge in [0.2, 0.25) is 0 Å². The van der Waals surface area contributed by atoms with E-state index >= 15 is 0 Å². The van der Waals surface area contributed by atoms with Crippen molar-refractivity contribution in [2.45, 2.75) is 45.3 Å². The third-order valence-electron chi connectivity index (χ3n) is 3.61. The Morgan fingerprint density at radius 2 is 1.92 bits per heavy atom. The number of benzene rings is 1. The Labute approximate surface area is 138 Å². The van der Waals surface area contributed by atoms with Crippen molar-refractivity contribution in [1.29, 1.82) is 0 Å². The van der Waals surface area contributed by atoms with E-state index in [9.17, 15) is 25.0 Å². The predicted octanol–water partition coefficient (Wildman–Crippen LogP) is 2.81. The highest BCUT2D eigenvalue weighted by molar-refractivity contribution is 5.83. The summed E-state index contributed by atoms with van der Waals surface area (Å²) in [5.41, 5.74) is -1.22. The molecule has 0 amide bonds. The maximum Gasteiger partial charge on any atom is 0.329 e. The minimum Gasteiger partial charge on any atom is -0.458 e. The number of carbonyl (C=O) groups excluding carboxylic acids is 1. The molecule has 0 aliphatic carbocycles. The monoisotopic (exact) mass is 337 g/mol. The number of hydrogen-bond donors (Lipinski definition) is 0. The lowest BCUT2D eigenvalue weighted by molar-refractivity contribution is -0.393. The van der Waals surface area contributed by atoms with E-state index in [1.165, 1.54) is 12.1 Å². The number of ether oxygens (including phenoxy) is 1. The SMILES string of the molecule is CC(C)(C)OC(=O)[C@@H]1CCCN1c1ccc([N+](=O)[O-])cc1[N+](=O)[O-]. The van der Waals surface area contributed by atoms with Gasteiger partial charge in [-0.1, -0.05) is 0 Å². The molecule has 1 aromatic carbocycles. The topological polar surface area (TPSA) is 116 Å². The Morgan fingerprint density at radius 3 is 2.46 bits per heavy atom. The van der Waals surface area contributed by atoms with Crippen LogP contribution in [-0.4, -0.2) is 34.0 Å². The molecule has 1 fully saturated rings. The van der Waals surface area contributed by atoms with Gasteiger partial charge in [0.05, 0.1) is 15.9 Å². The largest absolute Gasteiger partial charge is 0.458 e. The summed E-state index contributed by atoms with van der Waals surface area (Å²) in [6.45, 7) is 5.69. The van der Waals surface area contributed by atoms with Gasteiger partial charge >= 0.3 is 5.97 Å². The molecular weight excluding hydrogens is 318 g/mol. The number of nitro groups is 2.